The van der Waals surface area contributed by atoms with Gasteiger partial charge in [0.05, 0.1) is 18.4 Å². The van der Waals surface area contributed by atoms with Gasteiger partial charge in [0, 0.05) is 7.05 Å². The van der Waals surface area contributed by atoms with Crippen LogP contribution in [0.15, 0.2) is 23.4 Å². The molecule has 2 rings (SSSR count). The first kappa shape index (κ1) is 14.3. The number of benzene rings is 1. The van der Waals surface area contributed by atoms with Crippen molar-refractivity contribution < 1.29 is 19.0 Å². The molecule has 0 amide bonds. The number of thioether (sulfide) groups is 1. The number of carboxylic acids is 1. The van der Waals surface area contributed by atoms with Gasteiger partial charge in [-0.3, -0.25) is 4.79 Å². The minimum absolute atomic E-state index is 0.139. The predicted molar refractivity (Wildman–Crippen MR) is 71.3 cm³/mol. The van der Waals surface area contributed by atoms with Crippen molar-refractivity contribution in [2.75, 3.05) is 12.9 Å². The highest BCUT2D eigenvalue weighted by atomic mass is 32.2. The van der Waals surface area contributed by atoms with Crippen LogP contribution in [-0.2, 0) is 11.8 Å². The first-order valence-electron chi connectivity index (χ1n) is 5.61. The summed E-state index contributed by atoms with van der Waals surface area (Å²) in [6.07, 6.45) is 0. The minimum Gasteiger partial charge on any atom is -0.496 e. The number of rotatable bonds is 5. The van der Waals surface area contributed by atoms with Crippen molar-refractivity contribution >= 4 is 17.7 Å². The zero-order valence-corrected chi connectivity index (χ0v) is 11.6. The minimum atomic E-state index is -0.956. The molecule has 1 N–H and O–H groups in total. The summed E-state index contributed by atoms with van der Waals surface area (Å²) in [5.41, 5.74) is 0.201. The van der Waals surface area contributed by atoms with E-state index in [0.717, 1.165) is 11.8 Å². The maximum Gasteiger partial charge on any atom is 0.313 e. The number of carboxylic acid groups (broad SMARTS) is 1. The van der Waals surface area contributed by atoms with Gasteiger partial charge < -0.3 is 14.4 Å². The van der Waals surface area contributed by atoms with E-state index in [1.807, 2.05) is 0 Å². The second kappa shape index (κ2) is 5.91. The lowest BCUT2D eigenvalue weighted by Crippen LogP contribution is -2.02. The first-order valence-corrected chi connectivity index (χ1v) is 6.60. The van der Waals surface area contributed by atoms with Gasteiger partial charge in [-0.05, 0) is 12.1 Å². The van der Waals surface area contributed by atoms with Gasteiger partial charge in [-0.2, -0.15) is 0 Å². The molecule has 1 aromatic heterocycles. The molecule has 0 aliphatic carbocycles. The lowest BCUT2D eigenvalue weighted by atomic mass is 10.1. The Morgan fingerprint density at radius 3 is 2.90 bits per heavy atom. The number of ether oxygens (including phenoxy) is 1. The van der Waals surface area contributed by atoms with Gasteiger partial charge in [-0.1, -0.05) is 17.8 Å². The van der Waals surface area contributed by atoms with Gasteiger partial charge in [0.2, 0.25) is 0 Å². The second-order valence-corrected chi connectivity index (χ2v) is 4.81. The Labute approximate surface area is 118 Å². The molecule has 2 aromatic rings. The number of carbonyl (C=O) groups is 1. The van der Waals surface area contributed by atoms with E-state index in [0.29, 0.717) is 10.9 Å². The van der Waals surface area contributed by atoms with E-state index in [1.165, 1.54) is 23.8 Å². The number of hydrogen-bond donors (Lipinski definition) is 1. The first-order chi connectivity index (χ1) is 9.54. The fourth-order valence-electron chi connectivity index (χ4n) is 1.68. The van der Waals surface area contributed by atoms with Crippen molar-refractivity contribution in [2.45, 2.75) is 5.16 Å². The van der Waals surface area contributed by atoms with Crippen LogP contribution >= 0.6 is 11.8 Å². The fraction of sp³-hybridized carbons (Fsp3) is 0.250. The fourth-order valence-corrected chi connectivity index (χ4v) is 2.31. The molecule has 1 aromatic carbocycles. The Kier molecular flexibility index (Phi) is 4.23. The Morgan fingerprint density at radius 2 is 2.25 bits per heavy atom. The Hall–Kier alpha value is -2.09. The van der Waals surface area contributed by atoms with Gasteiger partial charge in [-0.15, -0.1) is 10.2 Å². The SMILES string of the molecule is COc1cccc(F)c1-c1nnc(SCC(=O)O)n1C. The molecule has 0 radical (unpaired) electrons. The van der Waals surface area contributed by atoms with Crippen LogP contribution in [-0.4, -0.2) is 38.7 Å². The topological polar surface area (TPSA) is 77.2 Å². The Balaban J connectivity index is 2.42. The van der Waals surface area contributed by atoms with E-state index in [-0.39, 0.29) is 17.1 Å². The number of aliphatic carboxylic acids is 1. The average molecular weight is 297 g/mol. The third-order valence-electron chi connectivity index (χ3n) is 2.58. The second-order valence-electron chi connectivity index (χ2n) is 3.86. The van der Waals surface area contributed by atoms with Crippen molar-refractivity contribution in [2.24, 2.45) is 7.05 Å². The molecule has 0 fully saturated rings. The molecule has 0 spiro atoms. The molecule has 0 unspecified atom stereocenters. The van der Waals surface area contributed by atoms with Gasteiger partial charge in [0.1, 0.15) is 11.6 Å². The quantitative estimate of drug-likeness (QED) is 0.848. The van der Waals surface area contributed by atoms with Crippen molar-refractivity contribution in [3.05, 3.63) is 24.0 Å². The van der Waals surface area contributed by atoms with Crippen LogP contribution < -0.4 is 4.74 Å². The highest BCUT2D eigenvalue weighted by molar-refractivity contribution is 7.99. The zero-order valence-electron chi connectivity index (χ0n) is 10.8. The van der Waals surface area contributed by atoms with Gasteiger partial charge in [0.15, 0.2) is 11.0 Å². The molecule has 0 atom stereocenters. The van der Waals surface area contributed by atoms with Gasteiger partial charge in [-0.25, -0.2) is 4.39 Å². The molecule has 6 nitrogen and oxygen atoms in total. The third-order valence-corrected chi connectivity index (χ3v) is 3.58. The summed E-state index contributed by atoms with van der Waals surface area (Å²) in [5, 5.41) is 16.8. The highest BCUT2D eigenvalue weighted by Gasteiger charge is 2.19. The summed E-state index contributed by atoms with van der Waals surface area (Å²) in [5.74, 6) is -0.943. The Morgan fingerprint density at radius 1 is 1.50 bits per heavy atom. The van der Waals surface area contributed by atoms with E-state index in [2.05, 4.69) is 10.2 Å². The summed E-state index contributed by atoms with van der Waals surface area (Å²) >= 11 is 1.02. The van der Waals surface area contributed by atoms with E-state index < -0.39 is 11.8 Å². The lowest BCUT2D eigenvalue weighted by Gasteiger charge is -2.09. The highest BCUT2D eigenvalue weighted by Crippen LogP contribution is 2.32. The normalized spacial score (nSPS) is 10.6. The zero-order chi connectivity index (χ0) is 14.7. The molecule has 0 aliphatic heterocycles. The van der Waals surface area contributed by atoms with Crippen LogP contribution in [0.1, 0.15) is 0 Å². The smallest absolute Gasteiger partial charge is 0.313 e. The third kappa shape index (κ3) is 2.74. The molecule has 106 valence electrons. The summed E-state index contributed by atoms with van der Waals surface area (Å²) in [4.78, 5) is 10.6. The molecule has 0 bridgehead atoms. The van der Waals surface area contributed by atoms with Crippen molar-refractivity contribution in [3.8, 4) is 17.1 Å². The maximum atomic E-state index is 14.0. The van der Waals surface area contributed by atoms with Crippen LogP contribution in [0.4, 0.5) is 4.39 Å². The van der Waals surface area contributed by atoms with E-state index in [4.69, 9.17) is 9.84 Å². The van der Waals surface area contributed by atoms with Crippen molar-refractivity contribution in [1.82, 2.24) is 14.8 Å². The number of aromatic nitrogens is 3. The van der Waals surface area contributed by atoms with Crippen molar-refractivity contribution in [1.29, 1.82) is 0 Å². The average Bonchev–Trinajstić information content (AvgIpc) is 2.77. The van der Waals surface area contributed by atoms with E-state index in [1.54, 1.807) is 13.1 Å². The molecule has 0 saturated carbocycles. The van der Waals surface area contributed by atoms with Crippen LogP contribution in [0, 0.1) is 5.82 Å². The predicted octanol–water partition coefficient (Wildman–Crippen LogP) is 1.81. The number of halogens is 1. The molecular formula is C12H12FN3O3S. The summed E-state index contributed by atoms with van der Waals surface area (Å²) < 4.78 is 20.6. The Bertz CT molecular complexity index is 645. The van der Waals surface area contributed by atoms with E-state index in [9.17, 15) is 9.18 Å². The van der Waals surface area contributed by atoms with Crippen molar-refractivity contribution in [3.63, 3.8) is 0 Å². The van der Waals surface area contributed by atoms with Crippen LogP contribution in [0.5, 0.6) is 5.75 Å². The molecule has 8 heteroatoms. The molecule has 0 aliphatic rings. The monoisotopic (exact) mass is 297 g/mol. The van der Waals surface area contributed by atoms with E-state index >= 15 is 0 Å². The summed E-state index contributed by atoms with van der Waals surface area (Å²) in [6, 6.07) is 4.46. The number of methoxy groups -OCH3 is 1. The molecule has 20 heavy (non-hydrogen) atoms. The van der Waals surface area contributed by atoms with Crippen LogP contribution in [0.3, 0.4) is 0 Å². The van der Waals surface area contributed by atoms with Crippen LogP contribution in [0.25, 0.3) is 11.4 Å². The lowest BCUT2D eigenvalue weighted by molar-refractivity contribution is -0.133. The standard InChI is InChI=1S/C12H12FN3O3S/c1-16-11(14-15-12(16)20-6-9(17)18)10-7(13)4-3-5-8(10)19-2/h3-5H,6H2,1-2H3,(H,17,18). The molecular weight excluding hydrogens is 285 g/mol. The number of nitrogens with zero attached hydrogens (tertiary/aromatic N) is 3. The molecule has 1 heterocycles. The molecule has 0 saturated heterocycles. The maximum absolute atomic E-state index is 14.0. The summed E-state index contributed by atoms with van der Waals surface area (Å²) in [7, 11) is 3.08. The van der Waals surface area contributed by atoms with Crippen LogP contribution in [0.2, 0.25) is 0 Å². The number of hydrogen-bond acceptors (Lipinski definition) is 5. The van der Waals surface area contributed by atoms with Gasteiger partial charge >= 0.3 is 5.97 Å². The largest absolute Gasteiger partial charge is 0.496 e. The van der Waals surface area contributed by atoms with Gasteiger partial charge in [0.25, 0.3) is 0 Å². The summed E-state index contributed by atoms with van der Waals surface area (Å²) in [6.45, 7) is 0.